The van der Waals surface area contributed by atoms with Gasteiger partial charge in [0, 0.05) is 18.1 Å². The number of alkyl halides is 3. The maximum Gasteiger partial charge on any atom is 0.573 e. The van der Waals surface area contributed by atoms with Crippen molar-refractivity contribution in [2.24, 2.45) is 0 Å². The molecule has 32 heavy (non-hydrogen) atoms. The zero-order chi connectivity index (χ0) is 23.0. The lowest BCUT2D eigenvalue weighted by Crippen LogP contribution is -2.41. The summed E-state index contributed by atoms with van der Waals surface area (Å²) in [6.07, 6.45) is -4.84. The number of carbonyl (C=O) groups excluding carboxylic acids is 1. The van der Waals surface area contributed by atoms with E-state index in [-0.39, 0.29) is 18.3 Å². The summed E-state index contributed by atoms with van der Waals surface area (Å²) in [5, 5.41) is 3.21. The van der Waals surface area contributed by atoms with Crippen LogP contribution in [0.2, 0.25) is 5.02 Å². The summed E-state index contributed by atoms with van der Waals surface area (Å²) >= 11 is 5.96. The molecule has 0 aliphatic carbocycles. The number of carbonyl (C=O) groups is 1. The minimum Gasteiger partial charge on any atom is -0.425 e. The summed E-state index contributed by atoms with van der Waals surface area (Å²) in [7, 11) is 1.53. The second kappa shape index (κ2) is 8.12. The van der Waals surface area contributed by atoms with E-state index in [1.807, 2.05) is 12.1 Å². The van der Waals surface area contributed by atoms with Gasteiger partial charge in [-0.05, 0) is 29.8 Å². The average Bonchev–Trinajstić information content (AvgIpc) is 3.05. The number of nitrogens with one attached hydrogen (secondary N) is 1. The van der Waals surface area contributed by atoms with E-state index in [4.69, 9.17) is 16.3 Å². The van der Waals surface area contributed by atoms with Gasteiger partial charge in [-0.1, -0.05) is 36.4 Å². The van der Waals surface area contributed by atoms with Crippen LogP contribution in [0.4, 0.5) is 23.8 Å². The number of benzene rings is 2. The molecule has 4 rings (SSSR count). The molecule has 1 N–H and O–H groups in total. The van der Waals surface area contributed by atoms with Crippen LogP contribution in [0.1, 0.15) is 11.3 Å². The van der Waals surface area contributed by atoms with Crippen molar-refractivity contribution < 1.29 is 27.4 Å². The smallest absolute Gasteiger partial charge is 0.425 e. The Morgan fingerprint density at radius 2 is 1.84 bits per heavy atom. The van der Waals surface area contributed by atoms with Gasteiger partial charge < -0.3 is 14.8 Å². The first kappa shape index (κ1) is 21.6. The van der Waals surface area contributed by atoms with Crippen LogP contribution in [-0.2, 0) is 6.54 Å². The molecule has 11 heteroatoms. The molecule has 0 fully saturated rings. The van der Waals surface area contributed by atoms with Crippen LogP contribution in [0.15, 0.2) is 55.1 Å². The van der Waals surface area contributed by atoms with E-state index in [1.165, 1.54) is 24.1 Å². The molecule has 0 spiro atoms. The average molecular weight is 465 g/mol. The lowest BCUT2D eigenvalue weighted by molar-refractivity contribution is -0.274. The Morgan fingerprint density at radius 1 is 1.16 bits per heavy atom. The van der Waals surface area contributed by atoms with Crippen LogP contribution in [-0.4, -0.2) is 29.0 Å². The molecule has 0 unspecified atom stereocenters. The zero-order valence-electron chi connectivity index (χ0n) is 16.6. The lowest BCUT2D eigenvalue weighted by atomic mass is 10.2. The third-order valence-corrected chi connectivity index (χ3v) is 4.83. The monoisotopic (exact) mass is 464 g/mol. The Labute approximate surface area is 185 Å². The van der Waals surface area contributed by atoms with Crippen molar-refractivity contribution in [3.05, 3.63) is 71.4 Å². The molecule has 2 aromatic carbocycles. The van der Waals surface area contributed by atoms with Crippen LogP contribution in [0.5, 0.6) is 17.5 Å². The molecular weight excluding hydrogens is 449 g/mol. The molecule has 166 valence electrons. The maximum atomic E-state index is 12.6. The fraction of sp³-hybridized carbons (Fsp3) is 0.143. The van der Waals surface area contributed by atoms with E-state index >= 15 is 0 Å². The molecule has 1 aromatic heterocycles. The number of amides is 2. The van der Waals surface area contributed by atoms with Crippen LogP contribution < -0.4 is 19.7 Å². The summed E-state index contributed by atoms with van der Waals surface area (Å²) < 4.78 is 49.1. The fourth-order valence-corrected chi connectivity index (χ4v) is 3.28. The van der Waals surface area contributed by atoms with Gasteiger partial charge in [-0.25, -0.2) is 4.79 Å². The van der Waals surface area contributed by atoms with Gasteiger partial charge >= 0.3 is 18.4 Å². The Kier molecular flexibility index (Phi) is 5.47. The van der Waals surface area contributed by atoms with E-state index in [2.05, 4.69) is 21.6 Å². The van der Waals surface area contributed by atoms with Gasteiger partial charge in [0.1, 0.15) is 17.2 Å². The first-order valence-corrected chi connectivity index (χ1v) is 9.61. The van der Waals surface area contributed by atoms with Crippen molar-refractivity contribution in [2.45, 2.75) is 12.9 Å². The second-order valence-corrected chi connectivity index (χ2v) is 7.31. The molecule has 1 aliphatic heterocycles. The standard InChI is InChI=1S/C21H16ClF3N4O3/c1-12-17-18(28(2)19(30)26-12)27-20(29(17)11-13-6-8-14(22)9-7-13)31-15-4-3-5-16(10-15)32-21(23,24)25/h3-10H,1,11H2,2H3,(H,26,30). The molecule has 0 radical (unpaired) electrons. The minimum absolute atomic E-state index is 0.0543. The van der Waals surface area contributed by atoms with Gasteiger partial charge in [-0.3, -0.25) is 9.47 Å². The van der Waals surface area contributed by atoms with Crippen molar-refractivity contribution in [1.82, 2.24) is 14.9 Å². The van der Waals surface area contributed by atoms with Crippen LogP contribution in [0.3, 0.4) is 0 Å². The highest BCUT2D eigenvalue weighted by Gasteiger charge is 2.33. The van der Waals surface area contributed by atoms with Crippen LogP contribution in [0.25, 0.3) is 5.70 Å². The molecule has 2 amide bonds. The third-order valence-electron chi connectivity index (χ3n) is 4.58. The quantitative estimate of drug-likeness (QED) is 0.548. The van der Waals surface area contributed by atoms with Crippen molar-refractivity contribution >= 4 is 29.1 Å². The SMILES string of the molecule is C=C1NC(=O)N(C)c2nc(Oc3cccc(OC(F)(F)F)c3)n(Cc3ccc(Cl)cc3)c21. The number of aromatic nitrogens is 2. The van der Waals surface area contributed by atoms with Gasteiger partial charge in [-0.15, -0.1) is 13.2 Å². The number of hydrogen-bond acceptors (Lipinski definition) is 4. The third kappa shape index (κ3) is 4.50. The van der Waals surface area contributed by atoms with Gasteiger partial charge in [0.15, 0.2) is 5.82 Å². The minimum atomic E-state index is -4.84. The predicted molar refractivity (Wildman–Crippen MR) is 112 cm³/mol. The van der Waals surface area contributed by atoms with Gasteiger partial charge in [0.05, 0.1) is 12.2 Å². The Morgan fingerprint density at radius 3 is 2.53 bits per heavy atom. The summed E-state index contributed by atoms with van der Waals surface area (Å²) in [5.74, 6) is -0.0710. The topological polar surface area (TPSA) is 68.6 Å². The Hall–Kier alpha value is -3.66. The number of rotatable bonds is 5. The van der Waals surface area contributed by atoms with Crippen molar-refractivity contribution in [3.63, 3.8) is 0 Å². The molecule has 1 aliphatic rings. The highest BCUT2D eigenvalue weighted by molar-refractivity contribution is 6.30. The second-order valence-electron chi connectivity index (χ2n) is 6.87. The number of ether oxygens (including phenoxy) is 2. The highest BCUT2D eigenvalue weighted by atomic mass is 35.5. The van der Waals surface area contributed by atoms with E-state index in [0.29, 0.717) is 22.2 Å². The Bertz CT molecular complexity index is 1190. The number of urea groups is 1. The molecule has 7 nitrogen and oxygen atoms in total. The van der Waals surface area contributed by atoms with Crippen molar-refractivity contribution in [1.29, 1.82) is 0 Å². The van der Waals surface area contributed by atoms with E-state index in [1.54, 1.807) is 16.7 Å². The number of imidazole rings is 1. The van der Waals surface area contributed by atoms with Crippen LogP contribution >= 0.6 is 11.6 Å². The normalized spacial score (nSPS) is 13.6. The van der Waals surface area contributed by atoms with E-state index < -0.39 is 18.1 Å². The van der Waals surface area contributed by atoms with Gasteiger partial charge in [-0.2, -0.15) is 4.98 Å². The molecule has 0 saturated carbocycles. The number of nitrogens with zero attached hydrogens (tertiary/aromatic N) is 3. The number of hydrogen-bond donors (Lipinski definition) is 1. The molecule has 3 aromatic rings. The molecule has 0 saturated heterocycles. The molecular formula is C21H16ClF3N4O3. The molecule has 2 heterocycles. The van der Waals surface area contributed by atoms with Crippen molar-refractivity contribution in [2.75, 3.05) is 11.9 Å². The van der Waals surface area contributed by atoms with Crippen molar-refractivity contribution in [3.8, 4) is 17.5 Å². The van der Waals surface area contributed by atoms with Gasteiger partial charge in [0.25, 0.3) is 0 Å². The van der Waals surface area contributed by atoms with E-state index in [9.17, 15) is 18.0 Å². The highest BCUT2D eigenvalue weighted by Crippen LogP contribution is 2.36. The largest absolute Gasteiger partial charge is 0.573 e. The van der Waals surface area contributed by atoms with Gasteiger partial charge in [0.2, 0.25) is 0 Å². The number of anilines is 1. The molecule has 0 atom stereocenters. The number of fused-ring (bicyclic) bond motifs is 1. The predicted octanol–water partition coefficient (Wildman–Crippen LogP) is 5.41. The maximum absolute atomic E-state index is 12.6. The first-order chi connectivity index (χ1) is 15.1. The summed E-state index contributed by atoms with van der Waals surface area (Å²) in [6.45, 7) is 4.16. The zero-order valence-corrected chi connectivity index (χ0v) is 17.4. The lowest BCUT2D eigenvalue weighted by Gasteiger charge is -2.24. The number of halogens is 4. The van der Waals surface area contributed by atoms with Crippen LogP contribution in [0, 0.1) is 0 Å². The Balaban J connectivity index is 1.74. The first-order valence-electron chi connectivity index (χ1n) is 9.23. The fourth-order valence-electron chi connectivity index (χ4n) is 3.16. The summed E-state index contributed by atoms with van der Waals surface area (Å²) in [6, 6.07) is 11.8. The molecule has 0 bridgehead atoms. The van der Waals surface area contributed by atoms with E-state index in [0.717, 1.165) is 17.7 Å². The summed E-state index contributed by atoms with van der Waals surface area (Å²) in [5.41, 5.74) is 1.66. The summed E-state index contributed by atoms with van der Waals surface area (Å²) in [4.78, 5) is 17.8.